The van der Waals surface area contributed by atoms with Crippen LogP contribution in [-0.2, 0) is 6.54 Å². The molecule has 1 aliphatic heterocycles. The number of rotatable bonds is 4. The zero-order valence-corrected chi connectivity index (χ0v) is 16.1. The molecule has 0 amide bonds. The van der Waals surface area contributed by atoms with Gasteiger partial charge in [0.1, 0.15) is 17.5 Å². The smallest absolute Gasteiger partial charge is 0.186 e. The molecule has 0 fully saturated rings. The Hall–Kier alpha value is -3.59. The lowest BCUT2D eigenvalue weighted by Gasteiger charge is -2.14. The summed E-state index contributed by atoms with van der Waals surface area (Å²) in [5.41, 5.74) is 2.34. The van der Waals surface area contributed by atoms with Crippen LogP contribution in [-0.4, -0.2) is 26.6 Å². The minimum Gasteiger partial charge on any atom is -0.362 e. The lowest BCUT2D eigenvalue weighted by atomic mass is 10.1. The van der Waals surface area contributed by atoms with Crippen molar-refractivity contribution in [1.29, 1.82) is 0 Å². The van der Waals surface area contributed by atoms with E-state index in [0.29, 0.717) is 40.3 Å². The molecule has 1 aliphatic rings. The predicted octanol–water partition coefficient (Wildman–Crippen LogP) is 4.43. The topological polar surface area (TPSA) is 87.7 Å². The van der Waals surface area contributed by atoms with Crippen molar-refractivity contribution in [2.24, 2.45) is 0 Å². The monoisotopic (exact) mass is 425 g/mol. The number of benzene rings is 2. The minimum absolute atomic E-state index is 0.143. The van der Waals surface area contributed by atoms with Gasteiger partial charge in [-0.15, -0.1) is 0 Å². The Morgan fingerprint density at radius 3 is 2.77 bits per heavy atom. The van der Waals surface area contributed by atoms with Crippen LogP contribution in [0.2, 0.25) is 5.02 Å². The third kappa shape index (κ3) is 3.13. The van der Waals surface area contributed by atoms with Crippen molar-refractivity contribution >= 4 is 40.0 Å². The number of nitrogens with zero attached hydrogens (tertiary/aromatic N) is 4. The summed E-state index contributed by atoms with van der Waals surface area (Å²) in [7, 11) is 0. The highest BCUT2D eigenvalue weighted by Crippen LogP contribution is 2.33. The van der Waals surface area contributed by atoms with Gasteiger partial charge in [0, 0.05) is 5.56 Å². The molecular formula is C20H14ClF2N7. The average Bonchev–Trinajstić information content (AvgIpc) is 3.24. The molecule has 0 atom stereocenters. The molecule has 10 heteroatoms. The summed E-state index contributed by atoms with van der Waals surface area (Å²) in [6.07, 6.45) is 1.43. The van der Waals surface area contributed by atoms with Crippen LogP contribution in [0.3, 0.4) is 0 Å². The van der Waals surface area contributed by atoms with Gasteiger partial charge < -0.3 is 16.0 Å². The number of aromatic nitrogens is 4. The van der Waals surface area contributed by atoms with Crippen LogP contribution >= 0.6 is 11.6 Å². The van der Waals surface area contributed by atoms with Gasteiger partial charge in [0.05, 0.1) is 35.1 Å². The van der Waals surface area contributed by atoms with Gasteiger partial charge in [0.25, 0.3) is 0 Å². The maximum atomic E-state index is 14.4. The SMILES string of the molecule is Fc1ccc2nc(-c3ccccc3Cl)c(CNc3ncnc4c3NCN4)nc2c1F. The van der Waals surface area contributed by atoms with Crippen LogP contribution in [0.5, 0.6) is 0 Å². The fraction of sp³-hybridized carbons (Fsp3) is 0.100. The third-order valence-electron chi connectivity index (χ3n) is 4.72. The Morgan fingerprint density at radius 2 is 1.90 bits per heavy atom. The van der Waals surface area contributed by atoms with Gasteiger partial charge in [-0.3, -0.25) is 0 Å². The van der Waals surface area contributed by atoms with E-state index in [1.807, 2.05) is 6.07 Å². The average molecular weight is 426 g/mol. The molecule has 0 spiro atoms. The first-order valence-electron chi connectivity index (χ1n) is 9.08. The molecule has 2 aromatic heterocycles. The quantitative estimate of drug-likeness (QED) is 0.446. The summed E-state index contributed by atoms with van der Waals surface area (Å²) in [5.74, 6) is -0.792. The maximum absolute atomic E-state index is 14.4. The Morgan fingerprint density at radius 1 is 1.03 bits per heavy atom. The van der Waals surface area contributed by atoms with Crippen molar-refractivity contribution in [1.82, 2.24) is 19.9 Å². The summed E-state index contributed by atoms with van der Waals surface area (Å²) < 4.78 is 28.1. The molecule has 0 radical (unpaired) electrons. The van der Waals surface area contributed by atoms with Crippen LogP contribution in [0.25, 0.3) is 22.3 Å². The first-order valence-corrected chi connectivity index (χ1v) is 9.46. The first kappa shape index (κ1) is 18.4. The van der Waals surface area contributed by atoms with Crippen LogP contribution in [0.15, 0.2) is 42.7 Å². The molecule has 2 aromatic carbocycles. The van der Waals surface area contributed by atoms with Crippen molar-refractivity contribution in [3.63, 3.8) is 0 Å². The van der Waals surface area contributed by atoms with E-state index in [1.165, 1.54) is 12.4 Å². The van der Waals surface area contributed by atoms with Gasteiger partial charge in [0.2, 0.25) is 0 Å². The second-order valence-corrected chi connectivity index (χ2v) is 6.96. The van der Waals surface area contributed by atoms with Crippen molar-refractivity contribution in [2.45, 2.75) is 6.54 Å². The molecule has 150 valence electrons. The molecule has 0 saturated carbocycles. The molecule has 3 heterocycles. The van der Waals surface area contributed by atoms with Crippen molar-refractivity contribution in [3.8, 4) is 11.3 Å². The highest BCUT2D eigenvalue weighted by Gasteiger charge is 2.19. The van der Waals surface area contributed by atoms with E-state index in [1.54, 1.807) is 18.2 Å². The fourth-order valence-electron chi connectivity index (χ4n) is 3.30. The number of fused-ring (bicyclic) bond motifs is 2. The van der Waals surface area contributed by atoms with E-state index in [4.69, 9.17) is 11.6 Å². The standard InChI is InChI=1S/C20H14ClF2N7/c21-11-4-2-1-3-10(11)16-14(30-17-13(29-16)6-5-12(22)15(17)23)7-24-19-18-20(26-8-25-18)28-9-27-19/h1-6,9,25H,7-8H2,(H2,24,26,27,28). The van der Waals surface area contributed by atoms with Gasteiger partial charge in [-0.05, 0) is 18.2 Å². The molecule has 7 nitrogen and oxygen atoms in total. The van der Waals surface area contributed by atoms with E-state index in [9.17, 15) is 8.78 Å². The second kappa shape index (κ2) is 7.34. The Balaban J connectivity index is 1.62. The van der Waals surface area contributed by atoms with Crippen molar-refractivity contribution in [2.75, 3.05) is 22.6 Å². The molecular weight excluding hydrogens is 412 g/mol. The highest BCUT2D eigenvalue weighted by atomic mass is 35.5. The highest BCUT2D eigenvalue weighted by molar-refractivity contribution is 6.33. The number of halogens is 3. The van der Waals surface area contributed by atoms with Gasteiger partial charge in [-0.1, -0.05) is 29.8 Å². The molecule has 5 rings (SSSR count). The van der Waals surface area contributed by atoms with Crippen molar-refractivity contribution in [3.05, 3.63) is 65.1 Å². The molecule has 3 N–H and O–H groups in total. The zero-order valence-electron chi connectivity index (χ0n) is 15.4. The molecule has 0 aliphatic carbocycles. The van der Waals surface area contributed by atoms with E-state index in [-0.39, 0.29) is 17.6 Å². The Kier molecular flexibility index (Phi) is 4.51. The van der Waals surface area contributed by atoms with Crippen molar-refractivity contribution < 1.29 is 8.78 Å². The van der Waals surface area contributed by atoms with E-state index in [2.05, 4.69) is 35.9 Å². The third-order valence-corrected chi connectivity index (χ3v) is 5.05. The summed E-state index contributed by atoms with van der Waals surface area (Å²) >= 11 is 6.37. The number of hydrogen-bond acceptors (Lipinski definition) is 7. The zero-order chi connectivity index (χ0) is 20.7. The fourth-order valence-corrected chi connectivity index (χ4v) is 3.52. The molecule has 4 aromatic rings. The van der Waals surface area contributed by atoms with Crippen LogP contribution in [0.4, 0.5) is 26.1 Å². The molecule has 30 heavy (non-hydrogen) atoms. The van der Waals surface area contributed by atoms with Gasteiger partial charge in [0.15, 0.2) is 23.3 Å². The lowest BCUT2D eigenvalue weighted by molar-refractivity contribution is 0.515. The second-order valence-electron chi connectivity index (χ2n) is 6.56. The maximum Gasteiger partial charge on any atom is 0.186 e. The molecule has 0 bridgehead atoms. The number of hydrogen-bond donors (Lipinski definition) is 3. The number of nitrogens with one attached hydrogen (secondary N) is 3. The van der Waals surface area contributed by atoms with E-state index < -0.39 is 11.6 Å². The number of anilines is 3. The van der Waals surface area contributed by atoms with Gasteiger partial charge in [-0.25, -0.2) is 28.7 Å². The molecule has 0 unspecified atom stereocenters. The summed E-state index contributed by atoms with van der Waals surface area (Å²) in [6.45, 7) is 0.693. The minimum atomic E-state index is -1.04. The van der Waals surface area contributed by atoms with Gasteiger partial charge in [-0.2, -0.15) is 0 Å². The van der Waals surface area contributed by atoms with E-state index in [0.717, 1.165) is 11.8 Å². The van der Waals surface area contributed by atoms with E-state index >= 15 is 0 Å². The Bertz CT molecular complexity index is 1280. The van der Waals surface area contributed by atoms with Crippen LogP contribution < -0.4 is 16.0 Å². The van der Waals surface area contributed by atoms with Crippen LogP contribution in [0.1, 0.15) is 5.69 Å². The predicted molar refractivity (Wildman–Crippen MR) is 111 cm³/mol. The summed E-state index contributed by atoms with van der Waals surface area (Å²) in [6, 6.07) is 9.58. The Labute approximate surface area is 174 Å². The van der Waals surface area contributed by atoms with Crippen LogP contribution in [0, 0.1) is 11.6 Å². The molecule has 0 saturated heterocycles. The largest absolute Gasteiger partial charge is 0.362 e. The first-order chi connectivity index (χ1) is 14.6. The van der Waals surface area contributed by atoms with Gasteiger partial charge >= 0.3 is 0 Å². The normalized spacial score (nSPS) is 12.4. The lowest BCUT2D eigenvalue weighted by Crippen LogP contribution is -2.09. The summed E-state index contributed by atoms with van der Waals surface area (Å²) in [5, 5.41) is 9.87. The summed E-state index contributed by atoms with van der Waals surface area (Å²) in [4.78, 5) is 17.3.